The molecule has 0 spiro atoms. The second kappa shape index (κ2) is 9.84. The van der Waals surface area contributed by atoms with Crippen LogP contribution in [0.5, 0.6) is 0 Å². The number of ketones is 1. The Morgan fingerprint density at radius 3 is 2.33 bits per heavy atom. The molecule has 0 aliphatic carbocycles. The molecule has 0 aromatic carbocycles. The van der Waals surface area contributed by atoms with E-state index in [4.69, 9.17) is 4.12 Å². The highest BCUT2D eigenvalue weighted by molar-refractivity contribution is 8.00. The van der Waals surface area contributed by atoms with Crippen molar-refractivity contribution in [1.82, 2.24) is 9.97 Å². The Bertz CT molecular complexity index is 511. The van der Waals surface area contributed by atoms with E-state index < -0.39 is 16.6 Å². The summed E-state index contributed by atoms with van der Waals surface area (Å²) in [5.74, 6) is 0.541. The average molecular weight is 385 g/mol. The van der Waals surface area contributed by atoms with Crippen LogP contribution in [0.25, 0.3) is 0 Å². The van der Waals surface area contributed by atoms with Gasteiger partial charge in [0.1, 0.15) is 5.78 Å². The van der Waals surface area contributed by atoms with Crippen LogP contribution < -0.4 is 0 Å². The first-order chi connectivity index (χ1) is 11.1. The summed E-state index contributed by atoms with van der Waals surface area (Å²) < 4.78 is 6.62. The van der Waals surface area contributed by atoms with E-state index >= 15 is 0 Å². The monoisotopic (exact) mass is 384 g/mol. The second-order valence-corrected chi connectivity index (χ2v) is 17.9. The van der Waals surface area contributed by atoms with Crippen molar-refractivity contribution in [2.45, 2.75) is 70.5 Å². The smallest absolute Gasteiger partial charge is 0.187 e. The lowest BCUT2D eigenvalue weighted by Crippen LogP contribution is -2.46. The molecule has 1 aromatic heterocycles. The fraction of sp³-hybridized carbons (Fsp3) is 0.706. The van der Waals surface area contributed by atoms with E-state index in [2.05, 4.69) is 36.2 Å². The Kier molecular flexibility index (Phi) is 8.83. The van der Waals surface area contributed by atoms with Crippen molar-refractivity contribution < 1.29 is 8.91 Å². The van der Waals surface area contributed by atoms with E-state index in [0.717, 1.165) is 29.4 Å². The van der Waals surface area contributed by atoms with E-state index in [9.17, 15) is 4.79 Å². The van der Waals surface area contributed by atoms with Crippen LogP contribution in [0.3, 0.4) is 0 Å². The van der Waals surface area contributed by atoms with Gasteiger partial charge < -0.3 is 4.12 Å². The van der Waals surface area contributed by atoms with Gasteiger partial charge in [0.15, 0.2) is 21.8 Å². The number of hydrogen-bond acceptors (Lipinski definition) is 5. The van der Waals surface area contributed by atoms with Gasteiger partial charge in [0.25, 0.3) is 0 Å². The number of nitrogens with zero attached hydrogens (tertiary/aromatic N) is 2. The largest absolute Gasteiger partial charge is 0.455 e. The number of Topliss-reactive ketones (excluding diaryl/α,β-unsaturated/α-hetero) is 1. The Balaban J connectivity index is 2.36. The van der Waals surface area contributed by atoms with E-state index in [0.29, 0.717) is 12.2 Å². The molecule has 0 aliphatic heterocycles. The van der Waals surface area contributed by atoms with Crippen LogP contribution in [-0.2, 0) is 8.91 Å². The Hall–Kier alpha value is -0.506. The zero-order valence-electron chi connectivity index (χ0n) is 16.0. The van der Waals surface area contributed by atoms with Crippen molar-refractivity contribution in [1.29, 1.82) is 0 Å². The lowest BCUT2D eigenvalue weighted by molar-refractivity contribution is -0.122. The fourth-order valence-corrected chi connectivity index (χ4v) is 13.0. The van der Waals surface area contributed by atoms with Crippen LogP contribution >= 0.6 is 11.8 Å². The zero-order valence-corrected chi connectivity index (χ0v) is 18.8. The maximum atomic E-state index is 11.7. The third-order valence-electron chi connectivity index (χ3n) is 3.74. The number of carbonyl (C=O) groups is 1. The molecule has 7 heteroatoms. The molecule has 4 nitrogen and oxygen atoms in total. The molecule has 0 radical (unpaired) electrons. The molecule has 0 fully saturated rings. The van der Waals surface area contributed by atoms with E-state index in [1.54, 1.807) is 24.2 Å². The van der Waals surface area contributed by atoms with Gasteiger partial charge in [-0.2, -0.15) is 0 Å². The van der Waals surface area contributed by atoms with Gasteiger partial charge in [-0.1, -0.05) is 32.0 Å². The molecule has 24 heavy (non-hydrogen) atoms. The molecule has 0 N–H and O–H groups in total. The maximum absolute atomic E-state index is 11.7. The van der Waals surface area contributed by atoms with Crippen molar-refractivity contribution >= 4 is 34.2 Å². The molecule has 1 aromatic rings. The van der Waals surface area contributed by atoms with Gasteiger partial charge in [-0.15, -0.1) is 0 Å². The third-order valence-corrected chi connectivity index (χ3v) is 13.5. The van der Waals surface area contributed by atoms with Crippen LogP contribution in [0.2, 0.25) is 32.2 Å². The number of rotatable bonds is 11. The molecule has 1 heterocycles. The number of hydrogen-bond donors (Lipinski definition) is 0. The van der Waals surface area contributed by atoms with Crippen LogP contribution in [0.1, 0.15) is 33.1 Å². The minimum Gasteiger partial charge on any atom is -0.455 e. The molecular formula is C17H32N2O2SSi2. The Morgan fingerprint density at radius 2 is 1.75 bits per heavy atom. The summed E-state index contributed by atoms with van der Waals surface area (Å²) in [5.41, 5.74) is 0. The van der Waals surface area contributed by atoms with Gasteiger partial charge in [0.2, 0.25) is 0 Å². The first-order valence-corrected chi connectivity index (χ1v) is 16.0. The number of unbranched alkanes of at least 4 members (excludes halogenated alkanes) is 1. The Labute approximate surface area is 153 Å². The SMILES string of the molecule is CC(C)C(=O)CCCC[Si](C)(C)O[Si](C)(C)CSc1ncccn1. The standard InChI is InChI=1S/C17H32N2O2SSi2/c1-15(2)16(20)10-7-8-13-23(3,4)21-24(5,6)14-22-17-18-11-9-12-19-17/h9,11-12,15H,7-8,10,13-14H2,1-6H3. The molecule has 0 unspecified atom stereocenters. The third kappa shape index (κ3) is 9.10. The minimum atomic E-state index is -1.74. The number of aromatic nitrogens is 2. The van der Waals surface area contributed by atoms with Crippen LogP contribution in [0.4, 0.5) is 0 Å². The summed E-state index contributed by atoms with van der Waals surface area (Å²) >= 11 is 1.70. The second-order valence-electron chi connectivity index (χ2n) is 7.77. The van der Waals surface area contributed by atoms with Gasteiger partial charge in [-0.25, -0.2) is 9.97 Å². The molecular weight excluding hydrogens is 352 g/mol. The average Bonchev–Trinajstić information content (AvgIpc) is 2.49. The number of thioether (sulfide) groups is 1. The fourth-order valence-electron chi connectivity index (χ4n) is 2.57. The summed E-state index contributed by atoms with van der Waals surface area (Å²) in [5, 5.41) is 1.80. The van der Waals surface area contributed by atoms with Gasteiger partial charge in [-0.3, -0.25) is 4.79 Å². The maximum Gasteiger partial charge on any atom is 0.187 e. The van der Waals surface area contributed by atoms with Crippen LogP contribution in [0, 0.1) is 5.92 Å². The topological polar surface area (TPSA) is 52.1 Å². The predicted molar refractivity (Wildman–Crippen MR) is 107 cm³/mol. The van der Waals surface area contributed by atoms with E-state index in [1.807, 2.05) is 19.9 Å². The van der Waals surface area contributed by atoms with Crippen LogP contribution in [-0.4, -0.2) is 37.8 Å². The quantitative estimate of drug-likeness (QED) is 0.234. The van der Waals surface area contributed by atoms with E-state index in [-0.39, 0.29) is 5.92 Å². The summed E-state index contributed by atoms with van der Waals surface area (Å²) in [6, 6.07) is 2.96. The summed E-state index contributed by atoms with van der Waals surface area (Å²) in [6.45, 7) is 13.1. The highest BCUT2D eigenvalue weighted by Gasteiger charge is 2.33. The molecule has 0 saturated carbocycles. The molecule has 1 rings (SSSR count). The number of carbonyl (C=O) groups excluding carboxylic acids is 1. The molecule has 136 valence electrons. The van der Waals surface area contributed by atoms with Gasteiger partial charge in [0.05, 0.1) is 0 Å². The molecule has 0 aliphatic rings. The predicted octanol–water partition coefficient (Wildman–Crippen LogP) is 4.93. The summed E-state index contributed by atoms with van der Waals surface area (Å²) in [6.07, 6.45) is 6.36. The first kappa shape index (κ1) is 21.5. The minimum absolute atomic E-state index is 0.162. The Morgan fingerprint density at radius 1 is 1.12 bits per heavy atom. The first-order valence-electron chi connectivity index (χ1n) is 8.74. The lowest BCUT2D eigenvalue weighted by Gasteiger charge is -2.33. The van der Waals surface area contributed by atoms with Crippen molar-refractivity contribution in [3.63, 3.8) is 0 Å². The van der Waals surface area contributed by atoms with Gasteiger partial charge in [-0.05, 0) is 44.7 Å². The molecule has 0 atom stereocenters. The molecule has 0 saturated heterocycles. The molecule has 0 bridgehead atoms. The lowest BCUT2D eigenvalue weighted by atomic mass is 10.0. The van der Waals surface area contributed by atoms with Crippen LogP contribution in [0.15, 0.2) is 23.6 Å². The van der Waals surface area contributed by atoms with Crippen molar-refractivity contribution in [2.75, 3.05) is 5.38 Å². The van der Waals surface area contributed by atoms with Crippen molar-refractivity contribution in [3.8, 4) is 0 Å². The molecule has 0 amide bonds. The van der Waals surface area contributed by atoms with Gasteiger partial charge >= 0.3 is 0 Å². The normalized spacial score (nSPS) is 12.6. The highest BCUT2D eigenvalue weighted by Crippen LogP contribution is 2.25. The zero-order chi connectivity index (χ0) is 18.2. The summed E-state index contributed by atoms with van der Waals surface area (Å²) in [7, 11) is -3.42. The van der Waals surface area contributed by atoms with Gasteiger partial charge in [0, 0.05) is 30.1 Å². The van der Waals surface area contributed by atoms with Crippen molar-refractivity contribution in [2.24, 2.45) is 5.92 Å². The highest BCUT2D eigenvalue weighted by atomic mass is 32.2. The van der Waals surface area contributed by atoms with Crippen molar-refractivity contribution in [3.05, 3.63) is 18.5 Å². The summed E-state index contributed by atoms with van der Waals surface area (Å²) in [4.78, 5) is 20.2. The van der Waals surface area contributed by atoms with E-state index in [1.165, 1.54) is 0 Å².